The summed E-state index contributed by atoms with van der Waals surface area (Å²) in [5.41, 5.74) is 0.863. The average Bonchev–Trinajstić information content (AvgIpc) is 3.37. The minimum Gasteiger partial charge on any atom is -0.484 e. The molecule has 8 nitrogen and oxygen atoms in total. The first-order valence-electron chi connectivity index (χ1n) is 9.74. The number of H-pyrrole nitrogens is 1. The molecule has 5 rings (SSSR count). The maximum atomic E-state index is 14.2. The van der Waals surface area contributed by atoms with Gasteiger partial charge in [-0.05, 0) is 29.8 Å². The van der Waals surface area contributed by atoms with Crippen molar-refractivity contribution >= 4 is 23.1 Å². The summed E-state index contributed by atoms with van der Waals surface area (Å²) in [7, 11) is 0. The van der Waals surface area contributed by atoms with E-state index in [4.69, 9.17) is 10.00 Å². The number of urea groups is 1. The van der Waals surface area contributed by atoms with Gasteiger partial charge in [-0.2, -0.15) is 19.9 Å². The molecular formula is C21H15F3N6O2. The Kier molecular flexibility index (Phi) is 4.70. The number of carbonyl (C=O) groups is 1. The zero-order chi connectivity index (χ0) is 22.4. The summed E-state index contributed by atoms with van der Waals surface area (Å²) in [6.07, 6.45) is 1.49. The molecule has 1 atom stereocenters. The summed E-state index contributed by atoms with van der Waals surface area (Å²) in [5.74, 6) is -2.11. The van der Waals surface area contributed by atoms with Crippen molar-refractivity contribution in [2.24, 2.45) is 5.10 Å². The van der Waals surface area contributed by atoms with E-state index in [1.165, 1.54) is 28.1 Å². The summed E-state index contributed by atoms with van der Waals surface area (Å²) in [6.45, 7) is 0.382. The number of nitrogens with one attached hydrogen (secondary N) is 1. The lowest BCUT2D eigenvalue weighted by atomic mass is 10.0. The summed E-state index contributed by atoms with van der Waals surface area (Å²) in [6, 6.07) is 7.19. The smallest absolute Gasteiger partial charge is 0.341 e. The fourth-order valence-corrected chi connectivity index (χ4v) is 3.81. The molecule has 0 saturated carbocycles. The van der Waals surface area contributed by atoms with E-state index in [0.29, 0.717) is 12.0 Å². The highest BCUT2D eigenvalue weighted by Gasteiger charge is 2.39. The first-order chi connectivity index (χ1) is 15.4. The number of benzene rings is 2. The number of ether oxygens (including phenoxy) is 1. The standard InChI is InChI=1S/C21H15F3N6O2/c22-13-4-11(8-25)3-12(5-13)18-1-2-26-30(18)21(31)29-9-14(10-29)32-19-7-17-15(6-16(19)23)20(24)28-27-17/h2-7,14,18H,1,9-10H2,(H,27,28)/t18-/m0/s1. The number of nitrogens with zero attached hydrogens (tertiary/aromatic N) is 5. The Morgan fingerprint density at radius 1 is 1.19 bits per heavy atom. The second-order valence-corrected chi connectivity index (χ2v) is 7.54. The van der Waals surface area contributed by atoms with Crippen LogP contribution in [-0.4, -0.2) is 51.5 Å². The number of fused-ring (bicyclic) bond motifs is 1. The number of hydrogen-bond acceptors (Lipinski definition) is 5. The number of amides is 2. The highest BCUT2D eigenvalue weighted by atomic mass is 19.1. The average molecular weight is 440 g/mol. The molecule has 162 valence electrons. The monoisotopic (exact) mass is 440 g/mol. The Bertz CT molecular complexity index is 1290. The number of halogens is 3. The van der Waals surface area contributed by atoms with Gasteiger partial charge in [0.15, 0.2) is 11.6 Å². The van der Waals surface area contributed by atoms with Gasteiger partial charge in [0.25, 0.3) is 0 Å². The lowest BCUT2D eigenvalue weighted by Gasteiger charge is -2.41. The van der Waals surface area contributed by atoms with Crippen LogP contribution in [0.2, 0.25) is 0 Å². The van der Waals surface area contributed by atoms with E-state index in [9.17, 15) is 18.0 Å². The minimum atomic E-state index is -0.730. The van der Waals surface area contributed by atoms with Crippen LogP contribution in [0.25, 0.3) is 10.9 Å². The third-order valence-corrected chi connectivity index (χ3v) is 5.43. The van der Waals surface area contributed by atoms with E-state index in [2.05, 4.69) is 15.3 Å². The molecular weight excluding hydrogens is 425 g/mol. The van der Waals surface area contributed by atoms with Gasteiger partial charge >= 0.3 is 6.03 Å². The van der Waals surface area contributed by atoms with Crippen molar-refractivity contribution < 1.29 is 22.7 Å². The molecule has 32 heavy (non-hydrogen) atoms. The van der Waals surface area contributed by atoms with Gasteiger partial charge in [-0.1, -0.05) is 0 Å². The molecule has 1 fully saturated rings. The molecule has 0 aliphatic carbocycles. The summed E-state index contributed by atoms with van der Waals surface area (Å²) < 4.78 is 47.2. The van der Waals surface area contributed by atoms with Gasteiger partial charge in [0.1, 0.15) is 11.9 Å². The van der Waals surface area contributed by atoms with Crippen LogP contribution in [0.4, 0.5) is 18.0 Å². The number of likely N-dealkylation sites (tertiary alicyclic amines) is 1. The molecule has 1 N–H and O–H groups in total. The zero-order valence-electron chi connectivity index (χ0n) is 16.4. The predicted octanol–water partition coefficient (Wildman–Crippen LogP) is 3.47. The van der Waals surface area contributed by atoms with Crippen LogP contribution in [-0.2, 0) is 0 Å². The van der Waals surface area contributed by atoms with Crippen LogP contribution in [0.5, 0.6) is 5.75 Å². The van der Waals surface area contributed by atoms with Gasteiger partial charge < -0.3 is 9.64 Å². The van der Waals surface area contributed by atoms with E-state index in [-0.39, 0.29) is 35.3 Å². The van der Waals surface area contributed by atoms with E-state index >= 15 is 0 Å². The first kappa shape index (κ1) is 19.9. The van der Waals surface area contributed by atoms with Crippen molar-refractivity contribution in [2.75, 3.05) is 13.1 Å². The van der Waals surface area contributed by atoms with Crippen molar-refractivity contribution in [2.45, 2.75) is 18.6 Å². The zero-order valence-corrected chi connectivity index (χ0v) is 16.4. The van der Waals surface area contributed by atoms with Crippen molar-refractivity contribution in [3.63, 3.8) is 0 Å². The number of aromatic nitrogens is 2. The van der Waals surface area contributed by atoms with E-state index in [1.807, 2.05) is 6.07 Å². The fourth-order valence-electron chi connectivity index (χ4n) is 3.81. The second-order valence-electron chi connectivity index (χ2n) is 7.54. The third-order valence-electron chi connectivity index (χ3n) is 5.43. The molecule has 2 amide bonds. The molecule has 3 heterocycles. The number of carbonyl (C=O) groups excluding carboxylic acids is 1. The molecule has 1 aromatic heterocycles. The normalized spacial score (nSPS) is 18.1. The maximum absolute atomic E-state index is 14.2. The Balaban J connectivity index is 1.25. The largest absolute Gasteiger partial charge is 0.484 e. The van der Waals surface area contributed by atoms with Crippen LogP contribution in [0.1, 0.15) is 23.6 Å². The number of nitriles is 1. The highest BCUT2D eigenvalue weighted by Crippen LogP contribution is 2.32. The summed E-state index contributed by atoms with van der Waals surface area (Å²) in [5, 5.41) is 20.3. The van der Waals surface area contributed by atoms with Gasteiger partial charge in [0, 0.05) is 18.7 Å². The summed E-state index contributed by atoms with van der Waals surface area (Å²) >= 11 is 0. The molecule has 1 saturated heterocycles. The van der Waals surface area contributed by atoms with Crippen molar-refractivity contribution in [1.82, 2.24) is 20.1 Å². The van der Waals surface area contributed by atoms with Crippen LogP contribution < -0.4 is 4.74 Å². The van der Waals surface area contributed by atoms with Gasteiger partial charge in [-0.25, -0.2) is 18.6 Å². The number of hydrogen-bond donors (Lipinski definition) is 1. The van der Waals surface area contributed by atoms with Gasteiger partial charge in [-0.15, -0.1) is 0 Å². The molecule has 0 spiro atoms. The molecule has 2 aliphatic heterocycles. The first-order valence-corrected chi connectivity index (χ1v) is 9.74. The Hall–Kier alpha value is -4.07. The van der Waals surface area contributed by atoms with Crippen LogP contribution in [0, 0.1) is 28.9 Å². The lowest BCUT2D eigenvalue weighted by Crippen LogP contribution is -2.58. The van der Waals surface area contributed by atoms with Crippen molar-refractivity contribution in [3.8, 4) is 11.8 Å². The Labute approximate surface area is 179 Å². The highest BCUT2D eigenvalue weighted by molar-refractivity contribution is 5.81. The van der Waals surface area contributed by atoms with E-state index < -0.39 is 35.8 Å². The number of aromatic amines is 1. The molecule has 0 bridgehead atoms. The fraction of sp³-hybridized carbons (Fsp3) is 0.238. The Morgan fingerprint density at radius 3 is 2.78 bits per heavy atom. The predicted molar refractivity (Wildman–Crippen MR) is 106 cm³/mol. The lowest BCUT2D eigenvalue weighted by molar-refractivity contribution is 0.0258. The van der Waals surface area contributed by atoms with Gasteiger partial charge in [-0.3, -0.25) is 5.10 Å². The molecule has 0 radical (unpaired) electrons. The Morgan fingerprint density at radius 2 is 2.00 bits per heavy atom. The molecule has 2 aromatic carbocycles. The van der Waals surface area contributed by atoms with E-state index in [0.717, 1.165) is 12.1 Å². The number of hydrazone groups is 1. The molecule has 2 aliphatic rings. The summed E-state index contributed by atoms with van der Waals surface area (Å²) in [4.78, 5) is 14.4. The van der Waals surface area contributed by atoms with E-state index in [1.54, 1.807) is 6.21 Å². The molecule has 11 heteroatoms. The molecule has 3 aromatic rings. The van der Waals surface area contributed by atoms with Gasteiger partial charge in [0.2, 0.25) is 5.95 Å². The van der Waals surface area contributed by atoms with Crippen molar-refractivity contribution in [1.29, 1.82) is 5.26 Å². The quantitative estimate of drug-likeness (QED) is 0.674. The van der Waals surface area contributed by atoms with Crippen LogP contribution >= 0.6 is 0 Å². The maximum Gasteiger partial charge on any atom is 0.341 e. The third kappa shape index (κ3) is 3.39. The topological polar surface area (TPSA) is 97.6 Å². The van der Waals surface area contributed by atoms with Crippen molar-refractivity contribution in [3.05, 3.63) is 59.0 Å². The van der Waals surface area contributed by atoms with Gasteiger partial charge in [0.05, 0.1) is 41.7 Å². The van der Waals surface area contributed by atoms with Crippen LogP contribution in [0.3, 0.4) is 0 Å². The second kappa shape index (κ2) is 7.56. The molecule has 0 unspecified atom stereocenters. The SMILES string of the molecule is N#Cc1cc(F)cc([C@@H]2CC=NN2C(=O)N2CC(Oc3cc4n[nH]c(F)c4cc3F)C2)c1. The van der Waals surface area contributed by atoms with Crippen LogP contribution in [0.15, 0.2) is 35.4 Å². The minimum absolute atomic E-state index is 0.0232. The number of rotatable bonds is 3.